The van der Waals surface area contributed by atoms with Crippen molar-refractivity contribution < 1.29 is 9.72 Å². The van der Waals surface area contributed by atoms with Gasteiger partial charge in [-0.25, -0.2) is 4.98 Å². The van der Waals surface area contributed by atoms with Crippen molar-refractivity contribution in [2.24, 2.45) is 0 Å². The molecule has 1 aromatic carbocycles. The molecule has 152 valence electrons. The summed E-state index contributed by atoms with van der Waals surface area (Å²) >= 11 is 2.54. The number of hydrogen-bond acceptors (Lipinski definition) is 7. The summed E-state index contributed by atoms with van der Waals surface area (Å²) in [6, 6.07) is 7.22. The molecular formula is C20H22N4O3S2. The highest BCUT2D eigenvalue weighted by Gasteiger charge is 2.19. The number of likely N-dealkylation sites (N-methyl/N-ethyl adjacent to an activating group) is 1. The quantitative estimate of drug-likeness (QED) is 0.313. The minimum Gasteiger partial charge on any atom is -0.308 e. The van der Waals surface area contributed by atoms with E-state index in [-0.39, 0.29) is 10.9 Å². The molecule has 2 heterocycles. The zero-order valence-electron chi connectivity index (χ0n) is 16.7. The third-order valence-electron chi connectivity index (χ3n) is 4.26. The fraction of sp³-hybridized carbons (Fsp3) is 0.300. The van der Waals surface area contributed by atoms with Gasteiger partial charge in [0.05, 0.1) is 15.1 Å². The Kier molecular flexibility index (Phi) is 6.41. The standard InChI is InChI=1S/C20H22N4O3S2/c1-13-11-14(2)19-16(12-13)21-20(29-19)23(10-9-22(3)4)17(25)7-5-15-6-8-18(28-15)24(26)27/h5-8,11-12H,9-10H2,1-4H3/b7-5+. The van der Waals surface area contributed by atoms with Crippen LogP contribution in [-0.2, 0) is 4.79 Å². The molecule has 0 spiro atoms. The van der Waals surface area contributed by atoms with E-state index in [1.165, 1.54) is 23.5 Å². The van der Waals surface area contributed by atoms with E-state index in [2.05, 4.69) is 6.07 Å². The number of amides is 1. The number of carbonyl (C=O) groups is 1. The van der Waals surface area contributed by atoms with E-state index in [9.17, 15) is 14.9 Å². The van der Waals surface area contributed by atoms with Gasteiger partial charge >= 0.3 is 5.00 Å². The molecule has 2 aromatic heterocycles. The maximum absolute atomic E-state index is 13.0. The van der Waals surface area contributed by atoms with Crippen LogP contribution in [0.3, 0.4) is 0 Å². The van der Waals surface area contributed by atoms with Gasteiger partial charge in [0.2, 0.25) is 0 Å². The molecule has 0 aliphatic rings. The average molecular weight is 431 g/mol. The number of anilines is 1. The van der Waals surface area contributed by atoms with Crippen LogP contribution in [0.5, 0.6) is 0 Å². The van der Waals surface area contributed by atoms with Crippen molar-refractivity contribution in [2.45, 2.75) is 13.8 Å². The Balaban J connectivity index is 1.89. The third-order valence-corrected chi connectivity index (χ3v) is 6.49. The van der Waals surface area contributed by atoms with Crippen LogP contribution >= 0.6 is 22.7 Å². The number of rotatable bonds is 7. The second-order valence-corrected chi connectivity index (χ2v) is 9.06. The number of fused-ring (bicyclic) bond motifs is 1. The van der Waals surface area contributed by atoms with E-state index in [1.807, 2.05) is 38.9 Å². The minimum absolute atomic E-state index is 0.0542. The van der Waals surface area contributed by atoms with E-state index in [0.29, 0.717) is 23.1 Å². The maximum atomic E-state index is 13.0. The van der Waals surface area contributed by atoms with Crippen LogP contribution in [0.25, 0.3) is 16.3 Å². The molecule has 29 heavy (non-hydrogen) atoms. The van der Waals surface area contributed by atoms with Crippen molar-refractivity contribution in [1.82, 2.24) is 9.88 Å². The third kappa shape index (κ3) is 5.06. The molecule has 0 unspecified atom stereocenters. The van der Waals surface area contributed by atoms with Crippen LogP contribution in [0.4, 0.5) is 10.1 Å². The lowest BCUT2D eigenvalue weighted by molar-refractivity contribution is -0.380. The number of nitrogens with zero attached hydrogens (tertiary/aromatic N) is 4. The molecule has 0 aliphatic heterocycles. The molecule has 0 aliphatic carbocycles. The van der Waals surface area contributed by atoms with Crippen molar-refractivity contribution in [3.05, 3.63) is 56.5 Å². The molecule has 0 bridgehead atoms. The summed E-state index contributed by atoms with van der Waals surface area (Å²) in [7, 11) is 3.91. The smallest absolute Gasteiger partial charge is 0.308 e. The van der Waals surface area contributed by atoms with Crippen LogP contribution in [0, 0.1) is 24.0 Å². The summed E-state index contributed by atoms with van der Waals surface area (Å²) in [5, 5.41) is 11.5. The van der Waals surface area contributed by atoms with Gasteiger partial charge in [0, 0.05) is 30.1 Å². The van der Waals surface area contributed by atoms with Crippen molar-refractivity contribution in [1.29, 1.82) is 0 Å². The Morgan fingerprint density at radius 2 is 1.97 bits per heavy atom. The van der Waals surface area contributed by atoms with Gasteiger partial charge in [-0.2, -0.15) is 0 Å². The summed E-state index contributed by atoms with van der Waals surface area (Å²) in [5.74, 6) is -0.198. The lowest BCUT2D eigenvalue weighted by Gasteiger charge is -2.20. The SMILES string of the molecule is Cc1cc(C)c2sc(N(CCN(C)C)C(=O)/C=C/c3ccc([N+](=O)[O-])s3)nc2c1. The first-order valence-electron chi connectivity index (χ1n) is 9.01. The Morgan fingerprint density at radius 1 is 1.21 bits per heavy atom. The predicted octanol–water partition coefficient (Wildman–Crippen LogP) is 4.49. The van der Waals surface area contributed by atoms with Crippen LogP contribution in [0.2, 0.25) is 0 Å². The summed E-state index contributed by atoms with van der Waals surface area (Å²) in [5.41, 5.74) is 3.17. The first kappa shape index (κ1) is 21.1. The monoisotopic (exact) mass is 430 g/mol. The number of nitro groups is 1. The molecule has 0 saturated carbocycles. The first-order valence-corrected chi connectivity index (χ1v) is 10.6. The number of benzene rings is 1. The molecule has 0 N–H and O–H groups in total. The van der Waals surface area contributed by atoms with Crippen molar-refractivity contribution in [3.8, 4) is 0 Å². The molecule has 7 nitrogen and oxygen atoms in total. The Morgan fingerprint density at radius 3 is 2.62 bits per heavy atom. The van der Waals surface area contributed by atoms with E-state index >= 15 is 0 Å². The fourth-order valence-corrected chi connectivity index (χ4v) is 4.63. The average Bonchev–Trinajstić information content (AvgIpc) is 3.27. The number of hydrogen-bond donors (Lipinski definition) is 0. The lowest BCUT2D eigenvalue weighted by Crippen LogP contribution is -2.35. The van der Waals surface area contributed by atoms with Gasteiger partial charge in [0.15, 0.2) is 5.13 Å². The van der Waals surface area contributed by atoms with Gasteiger partial charge in [-0.15, -0.1) is 0 Å². The van der Waals surface area contributed by atoms with E-state index < -0.39 is 4.92 Å². The highest BCUT2D eigenvalue weighted by molar-refractivity contribution is 7.22. The predicted molar refractivity (Wildman–Crippen MR) is 120 cm³/mol. The first-order chi connectivity index (χ1) is 13.7. The number of aromatic nitrogens is 1. The highest BCUT2D eigenvalue weighted by atomic mass is 32.1. The molecule has 0 radical (unpaired) electrons. The molecule has 9 heteroatoms. The zero-order valence-corrected chi connectivity index (χ0v) is 18.3. The maximum Gasteiger partial charge on any atom is 0.324 e. The molecule has 0 saturated heterocycles. The molecule has 3 rings (SSSR count). The molecular weight excluding hydrogens is 408 g/mol. The normalized spacial score (nSPS) is 11.6. The van der Waals surface area contributed by atoms with E-state index in [4.69, 9.17) is 4.98 Å². The summed E-state index contributed by atoms with van der Waals surface area (Å²) in [6.45, 7) is 5.27. The Hall–Kier alpha value is -2.62. The molecule has 1 amide bonds. The molecule has 0 fully saturated rings. The van der Waals surface area contributed by atoms with Gasteiger partial charge < -0.3 is 4.90 Å². The van der Waals surface area contributed by atoms with Gasteiger partial charge in [-0.1, -0.05) is 28.7 Å². The number of thiazole rings is 1. The minimum atomic E-state index is -0.432. The van der Waals surface area contributed by atoms with Crippen molar-refractivity contribution in [2.75, 3.05) is 32.1 Å². The number of thiophene rings is 1. The van der Waals surface area contributed by atoms with Gasteiger partial charge in [-0.05, 0) is 57.3 Å². The lowest BCUT2D eigenvalue weighted by atomic mass is 10.1. The number of carbonyl (C=O) groups excluding carboxylic acids is 1. The van der Waals surface area contributed by atoms with Crippen LogP contribution in [-0.4, -0.2) is 47.9 Å². The Labute approximate surface area is 177 Å². The highest BCUT2D eigenvalue weighted by Crippen LogP contribution is 2.32. The van der Waals surface area contributed by atoms with Crippen LogP contribution in [0.1, 0.15) is 16.0 Å². The van der Waals surface area contributed by atoms with Crippen molar-refractivity contribution in [3.63, 3.8) is 0 Å². The summed E-state index contributed by atoms with van der Waals surface area (Å²) in [4.78, 5) is 32.4. The molecule has 3 aromatic rings. The second kappa shape index (κ2) is 8.81. The summed E-state index contributed by atoms with van der Waals surface area (Å²) in [6.07, 6.45) is 3.07. The zero-order chi connectivity index (χ0) is 21.1. The Bertz CT molecular complexity index is 1080. The number of aryl methyl sites for hydroxylation is 2. The summed E-state index contributed by atoms with van der Waals surface area (Å²) < 4.78 is 1.08. The largest absolute Gasteiger partial charge is 0.324 e. The van der Waals surface area contributed by atoms with Gasteiger partial charge in [0.25, 0.3) is 5.91 Å². The van der Waals surface area contributed by atoms with Crippen LogP contribution < -0.4 is 4.90 Å². The van der Waals surface area contributed by atoms with Gasteiger partial charge in [0.1, 0.15) is 0 Å². The van der Waals surface area contributed by atoms with Gasteiger partial charge in [-0.3, -0.25) is 19.8 Å². The van der Waals surface area contributed by atoms with Crippen LogP contribution in [0.15, 0.2) is 30.3 Å². The van der Waals surface area contributed by atoms with E-state index in [1.54, 1.807) is 17.0 Å². The second-order valence-electron chi connectivity index (χ2n) is 6.99. The molecule has 0 atom stereocenters. The van der Waals surface area contributed by atoms with Crippen molar-refractivity contribution >= 4 is 55.0 Å². The fourth-order valence-electron chi connectivity index (χ4n) is 2.85. The van der Waals surface area contributed by atoms with E-state index in [0.717, 1.165) is 32.7 Å². The topological polar surface area (TPSA) is 79.6 Å².